The van der Waals surface area contributed by atoms with Crippen molar-refractivity contribution in [3.63, 3.8) is 0 Å². The smallest absolute Gasteiger partial charge is 0.249 e. The summed E-state index contributed by atoms with van der Waals surface area (Å²) < 4.78 is 6.76. The molecule has 3 rings (SSSR count). The van der Waals surface area contributed by atoms with Crippen LogP contribution in [-0.4, -0.2) is 36.2 Å². The summed E-state index contributed by atoms with van der Waals surface area (Å²) in [5.41, 5.74) is 6.57. The molecule has 5 nitrogen and oxygen atoms in total. The van der Waals surface area contributed by atoms with Gasteiger partial charge in [0, 0.05) is 19.5 Å². The minimum Gasteiger partial charge on any atom is -0.364 e. The molecule has 1 aliphatic heterocycles. The zero-order chi connectivity index (χ0) is 14.7. The summed E-state index contributed by atoms with van der Waals surface area (Å²) in [5, 5.41) is 3.97. The predicted molar refractivity (Wildman–Crippen MR) is 83.3 cm³/mol. The number of hydrogen-bond acceptors (Lipinski definition) is 5. The standard InChI is InChI=1S/C15H19N3O2S/c16-9-10-5-6-12(20-10)15(19)17-8-7-14-18-11-3-1-2-4-13(11)21-14/h1-4,10,12H,5-9,16H2,(H,17,19)/t10-,12+/m1/s1. The number of nitrogens with two attached hydrogens (primary N) is 1. The average molecular weight is 305 g/mol. The Morgan fingerprint density at radius 1 is 1.43 bits per heavy atom. The number of carbonyl (C=O) groups excluding carboxylic acids is 1. The molecule has 0 saturated carbocycles. The molecule has 6 heteroatoms. The van der Waals surface area contributed by atoms with Gasteiger partial charge in [0.25, 0.3) is 0 Å². The second-order valence-electron chi connectivity index (χ2n) is 5.18. The molecule has 2 atom stereocenters. The molecule has 1 aromatic heterocycles. The molecule has 1 saturated heterocycles. The molecule has 1 aliphatic rings. The summed E-state index contributed by atoms with van der Waals surface area (Å²) in [6, 6.07) is 8.07. The van der Waals surface area contributed by atoms with Crippen LogP contribution in [0.15, 0.2) is 24.3 Å². The summed E-state index contributed by atoms with van der Waals surface area (Å²) in [5.74, 6) is -0.0351. The number of rotatable bonds is 5. The zero-order valence-corrected chi connectivity index (χ0v) is 12.6. The topological polar surface area (TPSA) is 77.2 Å². The Hall–Kier alpha value is -1.50. The Kier molecular flexibility index (Phi) is 4.48. The largest absolute Gasteiger partial charge is 0.364 e. The van der Waals surface area contributed by atoms with Crippen LogP contribution in [0.2, 0.25) is 0 Å². The van der Waals surface area contributed by atoms with Gasteiger partial charge in [0.2, 0.25) is 5.91 Å². The van der Waals surface area contributed by atoms with E-state index in [4.69, 9.17) is 10.5 Å². The van der Waals surface area contributed by atoms with Crippen molar-refractivity contribution in [2.75, 3.05) is 13.1 Å². The van der Waals surface area contributed by atoms with Gasteiger partial charge in [0.05, 0.1) is 21.3 Å². The fourth-order valence-corrected chi connectivity index (χ4v) is 3.47. The number of hydrogen-bond donors (Lipinski definition) is 2. The number of para-hydroxylation sites is 1. The van der Waals surface area contributed by atoms with Crippen LogP contribution in [0.25, 0.3) is 10.2 Å². The highest BCUT2D eigenvalue weighted by molar-refractivity contribution is 7.18. The molecule has 1 amide bonds. The molecule has 21 heavy (non-hydrogen) atoms. The number of nitrogens with zero attached hydrogens (tertiary/aromatic N) is 1. The molecule has 2 heterocycles. The van der Waals surface area contributed by atoms with Gasteiger partial charge in [-0.15, -0.1) is 11.3 Å². The normalized spacial score (nSPS) is 21.8. The van der Waals surface area contributed by atoms with Crippen LogP contribution in [0.4, 0.5) is 0 Å². The Labute approximate surface area is 127 Å². The first-order valence-electron chi connectivity index (χ1n) is 7.24. The first-order valence-corrected chi connectivity index (χ1v) is 8.05. The Bertz CT molecular complexity index is 595. The lowest BCUT2D eigenvalue weighted by Crippen LogP contribution is -2.36. The van der Waals surface area contributed by atoms with E-state index in [9.17, 15) is 4.79 Å². The number of benzene rings is 1. The Morgan fingerprint density at radius 2 is 2.29 bits per heavy atom. The number of amides is 1. The van der Waals surface area contributed by atoms with Gasteiger partial charge in [-0.05, 0) is 25.0 Å². The van der Waals surface area contributed by atoms with Crippen molar-refractivity contribution >= 4 is 27.5 Å². The lowest BCUT2D eigenvalue weighted by atomic mass is 10.2. The van der Waals surface area contributed by atoms with Crippen LogP contribution >= 0.6 is 11.3 Å². The van der Waals surface area contributed by atoms with Crippen molar-refractivity contribution in [1.82, 2.24) is 10.3 Å². The number of thiazole rings is 1. The van der Waals surface area contributed by atoms with E-state index in [2.05, 4.69) is 16.4 Å². The molecule has 0 aliphatic carbocycles. The van der Waals surface area contributed by atoms with E-state index in [0.717, 1.165) is 29.8 Å². The minimum absolute atomic E-state index is 0.0324. The van der Waals surface area contributed by atoms with Crippen LogP contribution in [0, 0.1) is 0 Å². The van der Waals surface area contributed by atoms with Gasteiger partial charge in [-0.2, -0.15) is 0 Å². The molecule has 2 aromatic rings. The van der Waals surface area contributed by atoms with Gasteiger partial charge in [-0.1, -0.05) is 12.1 Å². The van der Waals surface area contributed by atoms with Gasteiger partial charge in [-0.3, -0.25) is 4.79 Å². The van der Waals surface area contributed by atoms with Crippen molar-refractivity contribution in [3.8, 4) is 0 Å². The second kappa shape index (κ2) is 6.51. The van der Waals surface area contributed by atoms with Gasteiger partial charge in [0.1, 0.15) is 6.10 Å². The predicted octanol–water partition coefficient (Wildman–Crippen LogP) is 1.46. The SMILES string of the molecule is NC[C@H]1CC[C@@H](C(=O)NCCc2nc3ccccc3s2)O1. The maximum atomic E-state index is 12.0. The van der Waals surface area contributed by atoms with Gasteiger partial charge in [0.15, 0.2) is 0 Å². The highest BCUT2D eigenvalue weighted by atomic mass is 32.1. The van der Waals surface area contributed by atoms with E-state index in [1.54, 1.807) is 11.3 Å². The molecular formula is C15H19N3O2S. The quantitative estimate of drug-likeness (QED) is 0.877. The number of nitrogens with one attached hydrogen (secondary N) is 1. The monoisotopic (exact) mass is 305 g/mol. The molecule has 1 fully saturated rings. The second-order valence-corrected chi connectivity index (χ2v) is 6.29. The van der Waals surface area contributed by atoms with Gasteiger partial charge >= 0.3 is 0 Å². The molecule has 0 bridgehead atoms. The van der Waals surface area contributed by atoms with Gasteiger partial charge < -0.3 is 15.8 Å². The van der Waals surface area contributed by atoms with E-state index in [1.165, 1.54) is 4.70 Å². The summed E-state index contributed by atoms with van der Waals surface area (Å²) in [7, 11) is 0. The fraction of sp³-hybridized carbons (Fsp3) is 0.467. The molecular weight excluding hydrogens is 286 g/mol. The van der Waals surface area contributed by atoms with Crippen molar-refractivity contribution in [2.24, 2.45) is 5.73 Å². The summed E-state index contributed by atoms with van der Waals surface area (Å²) >= 11 is 1.68. The number of aromatic nitrogens is 1. The highest BCUT2D eigenvalue weighted by Crippen LogP contribution is 2.22. The van der Waals surface area contributed by atoms with E-state index in [0.29, 0.717) is 13.1 Å². The fourth-order valence-electron chi connectivity index (χ4n) is 2.51. The number of carbonyl (C=O) groups is 1. The van der Waals surface area contributed by atoms with Crippen LogP contribution in [-0.2, 0) is 16.0 Å². The third kappa shape index (κ3) is 3.40. The molecule has 0 radical (unpaired) electrons. The molecule has 1 aromatic carbocycles. The van der Waals surface area contributed by atoms with E-state index < -0.39 is 0 Å². The summed E-state index contributed by atoms with van der Waals surface area (Å²) in [6.45, 7) is 1.07. The minimum atomic E-state index is -0.339. The average Bonchev–Trinajstić information content (AvgIpc) is 3.13. The van der Waals surface area contributed by atoms with E-state index in [1.807, 2.05) is 18.2 Å². The summed E-state index contributed by atoms with van der Waals surface area (Å²) in [6.07, 6.45) is 2.07. The van der Waals surface area contributed by atoms with Crippen molar-refractivity contribution in [1.29, 1.82) is 0 Å². The third-order valence-electron chi connectivity index (χ3n) is 3.64. The van der Waals surface area contributed by atoms with Crippen molar-refractivity contribution in [2.45, 2.75) is 31.5 Å². The first-order chi connectivity index (χ1) is 10.3. The number of ether oxygens (including phenoxy) is 1. The maximum Gasteiger partial charge on any atom is 0.249 e. The van der Waals surface area contributed by atoms with Crippen molar-refractivity contribution < 1.29 is 9.53 Å². The van der Waals surface area contributed by atoms with Crippen LogP contribution in [0.5, 0.6) is 0 Å². The summed E-state index contributed by atoms with van der Waals surface area (Å²) in [4.78, 5) is 16.5. The lowest BCUT2D eigenvalue weighted by Gasteiger charge is -2.12. The zero-order valence-electron chi connectivity index (χ0n) is 11.7. The lowest BCUT2D eigenvalue weighted by molar-refractivity contribution is -0.131. The van der Waals surface area contributed by atoms with E-state index >= 15 is 0 Å². The van der Waals surface area contributed by atoms with Gasteiger partial charge in [-0.25, -0.2) is 4.98 Å². The molecule has 3 N–H and O–H groups in total. The Balaban J connectivity index is 1.48. The van der Waals surface area contributed by atoms with Crippen LogP contribution in [0.3, 0.4) is 0 Å². The molecule has 0 unspecified atom stereocenters. The molecule has 0 spiro atoms. The number of fused-ring (bicyclic) bond motifs is 1. The third-order valence-corrected chi connectivity index (χ3v) is 4.74. The maximum absolute atomic E-state index is 12.0. The van der Waals surface area contributed by atoms with Crippen LogP contribution < -0.4 is 11.1 Å². The van der Waals surface area contributed by atoms with E-state index in [-0.39, 0.29) is 18.1 Å². The first kappa shape index (κ1) is 14.4. The molecule has 112 valence electrons. The highest BCUT2D eigenvalue weighted by Gasteiger charge is 2.29. The van der Waals surface area contributed by atoms with Crippen LogP contribution in [0.1, 0.15) is 17.8 Å². The van der Waals surface area contributed by atoms with Crippen molar-refractivity contribution in [3.05, 3.63) is 29.3 Å². The Morgan fingerprint density at radius 3 is 3.05 bits per heavy atom.